The van der Waals surface area contributed by atoms with E-state index in [4.69, 9.17) is 15.2 Å². The number of nitrogens with zero attached hydrogens (tertiary/aromatic N) is 3. The van der Waals surface area contributed by atoms with Crippen LogP contribution >= 0.6 is 24.0 Å². The Kier molecular flexibility index (Phi) is 9.49. The maximum Gasteiger partial charge on any atom is 0.191 e. The summed E-state index contributed by atoms with van der Waals surface area (Å²) in [5.41, 5.74) is 5.97. The summed E-state index contributed by atoms with van der Waals surface area (Å²) in [4.78, 5) is 9.01. The van der Waals surface area contributed by atoms with Gasteiger partial charge in [0.25, 0.3) is 0 Å². The second kappa shape index (κ2) is 10.6. The summed E-state index contributed by atoms with van der Waals surface area (Å²) in [5.74, 6) is 0.676. The number of hydrogen-bond acceptors (Lipinski definition) is 4. The van der Waals surface area contributed by atoms with Crippen molar-refractivity contribution >= 4 is 29.9 Å². The molecule has 0 atom stereocenters. The van der Waals surface area contributed by atoms with E-state index < -0.39 is 0 Å². The minimum atomic E-state index is 0. The highest BCUT2D eigenvalue weighted by Crippen LogP contribution is 2.01. The van der Waals surface area contributed by atoms with Crippen LogP contribution in [0.1, 0.15) is 12.8 Å². The maximum absolute atomic E-state index is 5.97. The summed E-state index contributed by atoms with van der Waals surface area (Å²) in [7, 11) is 0. The van der Waals surface area contributed by atoms with Crippen LogP contribution in [0.4, 0.5) is 0 Å². The van der Waals surface area contributed by atoms with Crippen molar-refractivity contribution < 1.29 is 9.47 Å². The lowest BCUT2D eigenvalue weighted by Gasteiger charge is -2.27. The lowest BCUT2D eigenvalue weighted by molar-refractivity contribution is 0.0373. The summed E-state index contributed by atoms with van der Waals surface area (Å²) in [6.45, 7) is 9.11. The van der Waals surface area contributed by atoms with Gasteiger partial charge in [0.15, 0.2) is 5.96 Å². The Labute approximate surface area is 138 Å². The molecule has 0 bridgehead atoms. The zero-order valence-corrected chi connectivity index (χ0v) is 14.5. The fourth-order valence-electron chi connectivity index (χ4n) is 2.36. The van der Waals surface area contributed by atoms with Crippen LogP contribution in [0.2, 0.25) is 0 Å². The van der Waals surface area contributed by atoms with Crippen molar-refractivity contribution in [1.29, 1.82) is 0 Å². The molecule has 2 aliphatic rings. The van der Waals surface area contributed by atoms with E-state index in [0.29, 0.717) is 5.96 Å². The van der Waals surface area contributed by atoms with Gasteiger partial charge in [0.1, 0.15) is 0 Å². The first-order valence-electron chi connectivity index (χ1n) is 7.29. The van der Waals surface area contributed by atoms with Crippen molar-refractivity contribution in [3.05, 3.63) is 0 Å². The third-order valence-corrected chi connectivity index (χ3v) is 3.60. The number of halogens is 1. The first kappa shape index (κ1) is 17.9. The largest absolute Gasteiger partial charge is 0.379 e. The second-order valence-electron chi connectivity index (χ2n) is 5.00. The fourth-order valence-corrected chi connectivity index (χ4v) is 2.36. The molecule has 2 saturated heterocycles. The van der Waals surface area contributed by atoms with E-state index in [1.807, 2.05) is 0 Å². The van der Waals surface area contributed by atoms with Gasteiger partial charge in [0.2, 0.25) is 0 Å². The number of aliphatic imine (C=N–C) groups is 1. The molecule has 2 N–H and O–H groups in total. The monoisotopic (exact) mass is 398 g/mol. The Hall–Kier alpha value is -0.120. The molecule has 2 rings (SSSR count). The Morgan fingerprint density at radius 2 is 1.55 bits per heavy atom. The van der Waals surface area contributed by atoms with Crippen LogP contribution in [0.3, 0.4) is 0 Å². The highest BCUT2D eigenvalue weighted by Gasteiger charge is 2.12. The van der Waals surface area contributed by atoms with E-state index in [0.717, 1.165) is 72.1 Å². The number of nitrogens with two attached hydrogens (primary N) is 1. The molecule has 7 heteroatoms. The first-order valence-corrected chi connectivity index (χ1v) is 7.29. The third-order valence-electron chi connectivity index (χ3n) is 3.60. The topological polar surface area (TPSA) is 63.3 Å². The van der Waals surface area contributed by atoms with Crippen molar-refractivity contribution in [2.24, 2.45) is 10.7 Å². The average molecular weight is 398 g/mol. The second-order valence-corrected chi connectivity index (χ2v) is 5.00. The lowest BCUT2D eigenvalue weighted by atomic mass is 10.3. The predicted molar refractivity (Wildman–Crippen MR) is 90.8 cm³/mol. The molecule has 6 nitrogen and oxygen atoms in total. The number of unbranched alkanes of at least 4 members (excludes halogenated alkanes) is 1. The highest BCUT2D eigenvalue weighted by molar-refractivity contribution is 14.0. The van der Waals surface area contributed by atoms with E-state index in [-0.39, 0.29) is 24.0 Å². The Morgan fingerprint density at radius 1 is 0.950 bits per heavy atom. The number of morpholine rings is 2. The molecule has 0 spiro atoms. The molecule has 0 radical (unpaired) electrons. The van der Waals surface area contributed by atoms with E-state index in [1.165, 1.54) is 6.42 Å². The molecular weight excluding hydrogens is 371 g/mol. The van der Waals surface area contributed by atoms with Gasteiger partial charge in [0.05, 0.1) is 26.4 Å². The normalized spacial score (nSPS) is 21.6. The molecule has 0 amide bonds. The minimum absolute atomic E-state index is 0. The summed E-state index contributed by atoms with van der Waals surface area (Å²) in [5, 5.41) is 0. The van der Waals surface area contributed by atoms with Gasteiger partial charge in [-0.05, 0) is 19.4 Å². The van der Waals surface area contributed by atoms with Gasteiger partial charge in [0, 0.05) is 32.7 Å². The van der Waals surface area contributed by atoms with Crippen LogP contribution < -0.4 is 5.73 Å². The molecule has 2 fully saturated rings. The molecule has 0 saturated carbocycles. The Morgan fingerprint density at radius 3 is 2.20 bits per heavy atom. The average Bonchev–Trinajstić information content (AvgIpc) is 2.49. The van der Waals surface area contributed by atoms with E-state index in [1.54, 1.807) is 0 Å². The van der Waals surface area contributed by atoms with E-state index >= 15 is 0 Å². The first-order chi connectivity index (χ1) is 9.36. The smallest absolute Gasteiger partial charge is 0.191 e. The quantitative estimate of drug-likeness (QED) is 0.314. The number of rotatable bonds is 5. The van der Waals surface area contributed by atoms with Crippen molar-refractivity contribution in [3.8, 4) is 0 Å². The van der Waals surface area contributed by atoms with Crippen molar-refractivity contribution in [3.63, 3.8) is 0 Å². The molecular formula is C13H27IN4O2. The standard InChI is InChI=1S/C13H26N4O2.HI/c14-13(17-7-11-19-12-8-17)15-3-1-2-4-16-5-9-18-10-6-16;/h1-12H2,(H2,14,15);1H. The van der Waals surface area contributed by atoms with Gasteiger partial charge in [-0.15, -0.1) is 24.0 Å². The molecule has 0 aromatic heterocycles. The molecule has 0 aliphatic carbocycles. The zero-order chi connectivity index (χ0) is 13.3. The van der Waals surface area contributed by atoms with Crippen molar-refractivity contribution in [1.82, 2.24) is 9.80 Å². The lowest BCUT2D eigenvalue weighted by Crippen LogP contribution is -2.44. The van der Waals surface area contributed by atoms with Crippen LogP contribution in [-0.2, 0) is 9.47 Å². The van der Waals surface area contributed by atoms with Gasteiger partial charge in [-0.1, -0.05) is 0 Å². The van der Waals surface area contributed by atoms with Gasteiger partial charge in [-0.2, -0.15) is 0 Å². The maximum atomic E-state index is 5.97. The zero-order valence-electron chi connectivity index (χ0n) is 12.1. The Bertz CT molecular complexity index is 280. The summed E-state index contributed by atoms with van der Waals surface area (Å²) in [6, 6.07) is 0. The summed E-state index contributed by atoms with van der Waals surface area (Å²) >= 11 is 0. The van der Waals surface area contributed by atoms with Crippen LogP contribution in [0.15, 0.2) is 4.99 Å². The van der Waals surface area contributed by atoms with Crippen molar-refractivity contribution in [2.45, 2.75) is 12.8 Å². The SMILES string of the molecule is I.NC(=NCCCCN1CCOCC1)N1CCOCC1. The Balaban J connectivity index is 0.00000200. The highest BCUT2D eigenvalue weighted by atomic mass is 127. The van der Waals surface area contributed by atoms with Crippen LogP contribution in [0, 0.1) is 0 Å². The van der Waals surface area contributed by atoms with Gasteiger partial charge >= 0.3 is 0 Å². The van der Waals surface area contributed by atoms with E-state index in [9.17, 15) is 0 Å². The third kappa shape index (κ3) is 6.55. The van der Waals surface area contributed by atoms with Gasteiger partial charge in [-0.25, -0.2) is 0 Å². The summed E-state index contributed by atoms with van der Waals surface area (Å²) < 4.78 is 10.6. The minimum Gasteiger partial charge on any atom is -0.379 e. The van der Waals surface area contributed by atoms with E-state index in [2.05, 4.69) is 14.8 Å². The molecule has 2 heterocycles. The summed E-state index contributed by atoms with van der Waals surface area (Å²) in [6.07, 6.45) is 2.28. The molecule has 0 aromatic carbocycles. The van der Waals surface area contributed by atoms with Crippen LogP contribution in [0.5, 0.6) is 0 Å². The fraction of sp³-hybridized carbons (Fsp3) is 0.923. The molecule has 2 aliphatic heterocycles. The molecule has 20 heavy (non-hydrogen) atoms. The number of hydrogen-bond donors (Lipinski definition) is 1. The van der Waals surface area contributed by atoms with Gasteiger partial charge < -0.3 is 20.1 Å². The molecule has 0 aromatic rings. The van der Waals surface area contributed by atoms with Crippen LogP contribution in [-0.4, -0.2) is 81.5 Å². The number of guanidine groups is 1. The van der Waals surface area contributed by atoms with Crippen LogP contribution in [0.25, 0.3) is 0 Å². The predicted octanol–water partition coefficient (Wildman–Crippen LogP) is 0.364. The molecule has 0 unspecified atom stereocenters. The molecule has 118 valence electrons. The van der Waals surface area contributed by atoms with Gasteiger partial charge in [-0.3, -0.25) is 9.89 Å². The number of ether oxygens (including phenoxy) is 2. The van der Waals surface area contributed by atoms with Crippen molar-refractivity contribution in [2.75, 3.05) is 65.7 Å².